The Morgan fingerprint density at radius 1 is 0.396 bits per heavy atom. The minimum atomic E-state index is 0.809. The summed E-state index contributed by atoms with van der Waals surface area (Å²) in [4.78, 5) is 6.97. The van der Waals surface area contributed by atoms with E-state index < -0.39 is 0 Å². The molecule has 0 amide bonds. The van der Waals surface area contributed by atoms with E-state index in [9.17, 15) is 0 Å². The maximum absolute atomic E-state index is 6.30. The molecule has 0 saturated carbocycles. The zero-order valence-corrected chi connectivity index (χ0v) is 26.1. The lowest BCUT2D eigenvalue weighted by atomic mass is 9.98. The number of anilines is 3. The van der Waals surface area contributed by atoms with Gasteiger partial charge in [-0.05, 0) is 93.2 Å². The normalized spacial score (nSPS) is 11.3. The quantitative estimate of drug-likeness (QED) is 0.187. The number of nitrogens with zero attached hydrogens (tertiary/aromatic N) is 2. The summed E-state index contributed by atoms with van der Waals surface area (Å²) < 4.78 is 6.30. The molecule has 0 saturated heterocycles. The van der Waals surface area contributed by atoms with Gasteiger partial charge in [0.05, 0.1) is 0 Å². The summed E-state index contributed by atoms with van der Waals surface area (Å²) in [6, 6.07) is 62.1. The van der Waals surface area contributed by atoms with Crippen LogP contribution in [-0.4, -0.2) is 4.98 Å². The third-order valence-electron chi connectivity index (χ3n) is 9.15. The smallest absolute Gasteiger partial charge is 0.161 e. The molecule has 0 aliphatic carbocycles. The van der Waals surface area contributed by atoms with E-state index in [-0.39, 0.29) is 0 Å². The minimum Gasteiger partial charge on any atom is -0.454 e. The Morgan fingerprint density at radius 2 is 0.938 bits per heavy atom. The van der Waals surface area contributed by atoms with E-state index in [1.165, 1.54) is 33.0 Å². The fourth-order valence-corrected chi connectivity index (χ4v) is 6.77. The molecule has 9 rings (SSSR count). The Balaban J connectivity index is 1.12. The molecule has 2 aromatic heterocycles. The van der Waals surface area contributed by atoms with Crippen molar-refractivity contribution < 1.29 is 4.42 Å². The first-order valence-corrected chi connectivity index (χ1v) is 16.2. The molecule has 3 heteroatoms. The summed E-state index contributed by atoms with van der Waals surface area (Å²) in [6.45, 7) is 0. The molecule has 0 radical (unpaired) electrons. The molecule has 7 aromatic carbocycles. The van der Waals surface area contributed by atoms with Gasteiger partial charge in [0.25, 0.3) is 0 Å². The number of hydrogen-bond acceptors (Lipinski definition) is 3. The van der Waals surface area contributed by atoms with Gasteiger partial charge in [-0.1, -0.05) is 121 Å². The lowest BCUT2D eigenvalue weighted by Crippen LogP contribution is -2.09. The van der Waals surface area contributed by atoms with Crippen molar-refractivity contribution in [2.24, 2.45) is 0 Å². The largest absolute Gasteiger partial charge is 0.454 e. The molecule has 0 N–H and O–H groups in total. The number of para-hydroxylation sites is 1. The molecule has 0 aliphatic heterocycles. The van der Waals surface area contributed by atoms with Gasteiger partial charge in [0, 0.05) is 34.2 Å². The van der Waals surface area contributed by atoms with Crippen molar-refractivity contribution in [1.29, 1.82) is 0 Å². The fraction of sp³-hybridized carbons (Fsp3) is 0. The predicted molar refractivity (Wildman–Crippen MR) is 200 cm³/mol. The molecule has 3 nitrogen and oxygen atoms in total. The highest BCUT2D eigenvalue weighted by molar-refractivity contribution is 6.07. The zero-order valence-electron chi connectivity index (χ0n) is 26.1. The van der Waals surface area contributed by atoms with Crippen molar-refractivity contribution in [1.82, 2.24) is 4.98 Å². The number of hydrogen-bond donors (Lipinski definition) is 0. The van der Waals surface area contributed by atoms with Crippen molar-refractivity contribution in [2.45, 2.75) is 0 Å². The summed E-state index contributed by atoms with van der Waals surface area (Å²) in [7, 11) is 0. The molecule has 0 unspecified atom stereocenters. The summed E-state index contributed by atoms with van der Waals surface area (Å²) >= 11 is 0. The molecule has 9 aromatic rings. The third kappa shape index (κ3) is 4.90. The molecular formula is C45H30N2O. The Bertz CT molecular complexity index is 2530. The van der Waals surface area contributed by atoms with Crippen molar-refractivity contribution in [3.8, 4) is 33.4 Å². The van der Waals surface area contributed by atoms with Gasteiger partial charge >= 0.3 is 0 Å². The second-order valence-electron chi connectivity index (χ2n) is 12.0. The average Bonchev–Trinajstić information content (AvgIpc) is 3.55. The molecule has 0 spiro atoms. The van der Waals surface area contributed by atoms with Gasteiger partial charge < -0.3 is 9.32 Å². The van der Waals surface area contributed by atoms with Crippen LogP contribution < -0.4 is 4.90 Å². The van der Waals surface area contributed by atoms with Gasteiger partial charge in [-0.3, -0.25) is 4.98 Å². The highest BCUT2D eigenvalue weighted by atomic mass is 16.3. The monoisotopic (exact) mass is 614 g/mol. The number of benzene rings is 7. The maximum Gasteiger partial charge on any atom is 0.161 e. The average molecular weight is 615 g/mol. The van der Waals surface area contributed by atoms with E-state index >= 15 is 0 Å². The van der Waals surface area contributed by atoms with Gasteiger partial charge in [-0.15, -0.1) is 0 Å². The van der Waals surface area contributed by atoms with Gasteiger partial charge in [0.15, 0.2) is 5.58 Å². The van der Waals surface area contributed by atoms with Crippen molar-refractivity contribution >= 4 is 49.9 Å². The number of pyridine rings is 1. The van der Waals surface area contributed by atoms with Crippen LogP contribution in [-0.2, 0) is 0 Å². The Labute approximate surface area is 279 Å². The van der Waals surface area contributed by atoms with Crippen molar-refractivity contribution in [2.75, 3.05) is 4.90 Å². The fourth-order valence-electron chi connectivity index (χ4n) is 6.77. The van der Waals surface area contributed by atoms with Crippen LogP contribution in [0.3, 0.4) is 0 Å². The summed E-state index contributed by atoms with van der Waals surface area (Å²) in [5, 5.41) is 3.53. The SMILES string of the molecule is c1ccc(-c2ccc(N(c3ccc(-c4cccc5ccccc45)cc3)c3ccc(-c4ccnc5c4oc4ccccc45)cc3)cc2)cc1. The van der Waals surface area contributed by atoms with Crippen LogP contribution in [0.2, 0.25) is 0 Å². The molecule has 2 heterocycles. The molecular weight excluding hydrogens is 585 g/mol. The highest BCUT2D eigenvalue weighted by Crippen LogP contribution is 2.40. The lowest BCUT2D eigenvalue weighted by Gasteiger charge is -2.26. The van der Waals surface area contributed by atoms with Crippen LogP contribution in [0.5, 0.6) is 0 Å². The molecule has 0 bridgehead atoms. The van der Waals surface area contributed by atoms with E-state index in [0.717, 1.165) is 50.3 Å². The lowest BCUT2D eigenvalue weighted by molar-refractivity contribution is 0.669. The highest BCUT2D eigenvalue weighted by Gasteiger charge is 2.16. The van der Waals surface area contributed by atoms with Crippen LogP contribution in [0.1, 0.15) is 0 Å². The van der Waals surface area contributed by atoms with Crippen LogP contribution in [0, 0.1) is 0 Å². The molecule has 0 aliphatic rings. The van der Waals surface area contributed by atoms with E-state index in [0.29, 0.717) is 0 Å². The first-order chi connectivity index (χ1) is 23.8. The number of aromatic nitrogens is 1. The predicted octanol–water partition coefficient (Wildman–Crippen LogP) is 12.6. The van der Waals surface area contributed by atoms with Crippen LogP contribution in [0.15, 0.2) is 187 Å². The van der Waals surface area contributed by atoms with Crippen LogP contribution in [0.25, 0.3) is 66.2 Å². The first-order valence-electron chi connectivity index (χ1n) is 16.2. The maximum atomic E-state index is 6.30. The Morgan fingerprint density at radius 3 is 1.65 bits per heavy atom. The van der Waals surface area contributed by atoms with E-state index in [1.54, 1.807) is 0 Å². The zero-order chi connectivity index (χ0) is 31.9. The number of furan rings is 1. The van der Waals surface area contributed by atoms with Crippen LogP contribution >= 0.6 is 0 Å². The minimum absolute atomic E-state index is 0.809. The summed E-state index contributed by atoms with van der Waals surface area (Å²) in [6.07, 6.45) is 1.87. The third-order valence-corrected chi connectivity index (χ3v) is 9.15. The first kappa shape index (κ1) is 27.8. The van der Waals surface area contributed by atoms with Gasteiger partial charge in [-0.2, -0.15) is 0 Å². The Hall–Kier alpha value is -6.45. The molecule has 0 atom stereocenters. The standard InChI is InChI=1S/C45H30N2O/c1-2-9-31(10-3-1)32-17-23-36(24-18-32)47(37-25-19-34(20-26-37)40-15-8-12-33-11-4-5-13-39(33)40)38-27-21-35(22-28-38)41-29-30-46-44-42-14-6-7-16-43(42)48-45(41)44/h1-30H. The van der Waals surface area contributed by atoms with Gasteiger partial charge in [-0.25, -0.2) is 0 Å². The topological polar surface area (TPSA) is 29.3 Å². The summed E-state index contributed by atoms with van der Waals surface area (Å²) in [5.41, 5.74) is 12.7. The van der Waals surface area contributed by atoms with Gasteiger partial charge in [0.2, 0.25) is 0 Å². The van der Waals surface area contributed by atoms with E-state index in [4.69, 9.17) is 4.42 Å². The second-order valence-corrected chi connectivity index (χ2v) is 12.0. The molecule has 48 heavy (non-hydrogen) atoms. The molecule has 0 fully saturated rings. The van der Waals surface area contributed by atoms with E-state index in [2.05, 4.69) is 162 Å². The van der Waals surface area contributed by atoms with Crippen LogP contribution in [0.4, 0.5) is 17.1 Å². The molecule has 226 valence electrons. The summed E-state index contributed by atoms with van der Waals surface area (Å²) in [5.74, 6) is 0. The number of rotatable bonds is 6. The number of fused-ring (bicyclic) bond motifs is 4. The van der Waals surface area contributed by atoms with Gasteiger partial charge in [0.1, 0.15) is 11.1 Å². The van der Waals surface area contributed by atoms with Crippen molar-refractivity contribution in [3.63, 3.8) is 0 Å². The Kier molecular flexibility index (Phi) is 6.80. The van der Waals surface area contributed by atoms with E-state index in [1.807, 2.05) is 30.5 Å². The van der Waals surface area contributed by atoms with Crippen molar-refractivity contribution in [3.05, 3.63) is 182 Å². The second kappa shape index (κ2) is 11.7.